The fraction of sp³-hybridized carbons (Fsp3) is 0.263. The molecule has 0 heterocycles. The van der Waals surface area contributed by atoms with Crippen molar-refractivity contribution in [2.24, 2.45) is 0 Å². The van der Waals surface area contributed by atoms with Gasteiger partial charge in [0.15, 0.2) is 0 Å². The van der Waals surface area contributed by atoms with Gasteiger partial charge in [-0.3, -0.25) is 4.79 Å². The lowest BCUT2D eigenvalue weighted by Crippen LogP contribution is -2.39. The molecule has 0 aliphatic rings. The van der Waals surface area contributed by atoms with Crippen LogP contribution in [0.1, 0.15) is 41.4 Å². The highest BCUT2D eigenvalue weighted by molar-refractivity contribution is 5.96. The number of ether oxygens (including phenoxy) is 1. The summed E-state index contributed by atoms with van der Waals surface area (Å²) in [7, 11) is 0. The number of nitrogens with one attached hydrogen (secondary N) is 1. The Hall–Kier alpha value is -2.62. The second-order valence-corrected chi connectivity index (χ2v) is 5.55. The van der Waals surface area contributed by atoms with Gasteiger partial charge in [-0.05, 0) is 38.5 Å². The standard InChI is InChI=1S/C19H21NO3/c1-13-8-7-11-17(12-13)18(21)20-14(2)19(22)23-15(3)16-9-5-4-6-10-16/h4-12,14-15H,1-3H3,(H,20,21)/t14-,15-/m1/s1. The first-order chi connectivity index (χ1) is 11.0. The van der Waals surface area contributed by atoms with E-state index in [0.29, 0.717) is 5.56 Å². The highest BCUT2D eigenvalue weighted by atomic mass is 16.5. The Balaban J connectivity index is 1.93. The molecule has 2 atom stereocenters. The van der Waals surface area contributed by atoms with Crippen molar-refractivity contribution in [3.05, 3.63) is 71.3 Å². The topological polar surface area (TPSA) is 55.4 Å². The van der Waals surface area contributed by atoms with Crippen molar-refractivity contribution in [1.29, 1.82) is 0 Å². The zero-order valence-electron chi connectivity index (χ0n) is 13.6. The second kappa shape index (κ2) is 7.58. The van der Waals surface area contributed by atoms with Gasteiger partial charge in [0.2, 0.25) is 0 Å². The summed E-state index contributed by atoms with van der Waals surface area (Å²) in [6.45, 7) is 5.34. The number of amides is 1. The van der Waals surface area contributed by atoms with Gasteiger partial charge in [0.25, 0.3) is 5.91 Å². The lowest BCUT2D eigenvalue weighted by Gasteiger charge is -2.18. The van der Waals surface area contributed by atoms with Crippen molar-refractivity contribution >= 4 is 11.9 Å². The van der Waals surface area contributed by atoms with Crippen molar-refractivity contribution in [3.8, 4) is 0 Å². The van der Waals surface area contributed by atoms with E-state index in [2.05, 4.69) is 5.32 Å². The van der Waals surface area contributed by atoms with E-state index in [-0.39, 0.29) is 12.0 Å². The van der Waals surface area contributed by atoms with Crippen LogP contribution in [-0.4, -0.2) is 17.9 Å². The fourth-order valence-electron chi connectivity index (χ4n) is 2.19. The van der Waals surface area contributed by atoms with Gasteiger partial charge in [-0.2, -0.15) is 0 Å². The predicted octanol–water partition coefficient (Wildman–Crippen LogP) is 3.42. The normalized spacial score (nSPS) is 13.0. The molecular formula is C19H21NO3. The molecule has 120 valence electrons. The molecule has 2 rings (SSSR count). The quantitative estimate of drug-likeness (QED) is 0.861. The van der Waals surface area contributed by atoms with Crippen LogP contribution in [0.15, 0.2) is 54.6 Å². The average molecular weight is 311 g/mol. The Labute approximate surface area is 136 Å². The summed E-state index contributed by atoms with van der Waals surface area (Å²) in [6.07, 6.45) is -0.359. The summed E-state index contributed by atoms with van der Waals surface area (Å²) >= 11 is 0. The number of aryl methyl sites for hydroxylation is 1. The third-order valence-electron chi connectivity index (χ3n) is 3.54. The molecule has 1 amide bonds. The van der Waals surface area contributed by atoms with Gasteiger partial charge < -0.3 is 10.1 Å². The minimum Gasteiger partial charge on any atom is -0.456 e. The number of hydrogen-bond donors (Lipinski definition) is 1. The predicted molar refractivity (Wildman–Crippen MR) is 89.1 cm³/mol. The van der Waals surface area contributed by atoms with E-state index in [1.807, 2.05) is 56.3 Å². The summed E-state index contributed by atoms with van der Waals surface area (Å²) in [6, 6.07) is 16.0. The lowest BCUT2D eigenvalue weighted by atomic mass is 10.1. The molecule has 0 bridgehead atoms. The van der Waals surface area contributed by atoms with Crippen LogP contribution in [-0.2, 0) is 9.53 Å². The van der Waals surface area contributed by atoms with Crippen LogP contribution < -0.4 is 5.32 Å². The van der Waals surface area contributed by atoms with E-state index in [1.54, 1.807) is 19.1 Å². The van der Waals surface area contributed by atoms with Gasteiger partial charge in [-0.15, -0.1) is 0 Å². The van der Waals surface area contributed by atoms with Crippen LogP contribution in [0.25, 0.3) is 0 Å². The first kappa shape index (κ1) is 16.7. The van der Waals surface area contributed by atoms with E-state index in [0.717, 1.165) is 11.1 Å². The van der Waals surface area contributed by atoms with Crippen LogP contribution in [0, 0.1) is 6.92 Å². The molecule has 0 radical (unpaired) electrons. The molecule has 4 heteroatoms. The zero-order chi connectivity index (χ0) is 16.8. The van der Waals surface area contributed by atoms with E-state index in [4.69, 9.17) is 4.74 Å². The van der Waals surface area contributed by atoms with Crippen molar-refractivity contribution < 1.29 is 14.3 Å². The molecule has 0 saturated heterocycles. The van der Waals surface area contributed by atoms with Crippen molar-refractivity contribution in [2.45, 2.75) is 32.9 Å². The number of carbonyl (C=O) groups is 2. The molecule has 2 aromatic carbocycles. The van der Waals surface area contributed by atoms with Gasteiger partial charge in [0, 0.05) is 5.56 Å². The van der Waals surface area contributed by atoms with Crippen LogP contribution in [0.4, 0.5) is 0 Å². The Morgan fingerprint density at radius 2 is 1.70 bits per heavy atom. The minimum absolute atomic E-state index is 0.287. The number of carbonyl (C=O) groups excluding carboxylic acids is 2. The van der Waals surface area contributed by atoms with E-state index in [1.165, 1.54) is 0 Å². The van der Waals surface area contributed by atoms with E-state index < -0.39 is 12.0 Å². The van der Waals surface area contributed by atoms with Crippen LogP contribution in [0.2, 0.25) is 0 Å². The lowest BCUT2D eigenvalue weighted by molar-refractivity contribution is -0.150. The van der Waals surface area contributed by atoms with Crippen molar-refractivity contribution in [1.82, 2.24) is 5.32 Å². The summed E-state index contributed by atoms with van der Waals surface area (Å²) in [5, 5.41) is 2.67. The molecule has 0 aliphatic heterocycles. The summed E-state index contributed by atoms with van der Waals surface area (Å²) in [4.78, 5) is 24.3. The van der Waals surface area contributed by atoms with Gasteiger partial charge in [-0.1, -0.05) is 48.0 Å². The molecule has 4 nitrogen and oxygen atoms in total. The number of benzene rings is 2. The molecule has 0 saturated carbocycles. The van der Waals surface area contributed by atoms with E-state index in [9.17, 15) is 9.59 Å². The minimum atomic E-state index is -0.714. The van der Waals surface area contributed by atoms with Crippen LogP contribution in [0.3, 0.4) is 0 Å². The highest BCUT2D eigenvalue weighted by Crippen LogP contribution is 2.16. The van der Waals surface area contributed by atoms with Crippen molar-refractivity contribution in [3.63, 3.8) is 0 Å². The number of rotatable bonds is 5. The maximum atomic E-state index is 12.1. The zero-order valence-corrected chi connectivity index (χ0v) is 13.6. The number of esters is 1. The second-order valence-electron chi connectivity index (χ2n) is 5.55. The SMILES string of the molecule is Cc1cccc(C(=O)N[C@H](C)C(=O)O[C@H](C)c2ccccc2)c1. The molecule has 2 aromatic rings. The van der Waals surface area contributed by atoms with Gasteiger partial charge in [-0.25, -0.2) is 4.79 Å². The largest absolute Gasteiger partial charge is 0.456 e. The van der Waals surface area contributed by atoms with Gasteiger partial charge >= 0.3 is 5.97 Å². The third-order valence-corrected chi connectivity index (χ3v) is 3.54. The molecule has 1 N–H and O–H groups in total. The molecule has 23 heavy (non-hydrogen) atoms. The molecule has 0 aliphatic carbocycles. The first-order valence-electron chi connectivity index (χ1n) is 7.60. The molecule has 0 spiro atoms. The fourth-order valence-corrected chi connectivity index (χ4v) is 2.19. The smallest absolute Gasteiger partial charge is 0.328 e. The Morgan fingerprint density at radius 3 is 2.35 bits per heavy atom. The molecular weight excluding hydrogens is 290 g/mol. The summed E-state index contributed by atoms with van der Waals surface area (Å²) in [5.74, 6) is -0.743. The highest BCUT2D eigenvalue weighted by Gasteiger charge is 2.20. The van der Waals surface area contributed by atoms with E-state index >= 15 is 0 Å². The Kier molecular flexibility index (Phi) is 5.52. The molecule has 0 aromatic heterocycles. The monoisotopic (exact) mass is 311 g/mol. The molecule has 0 fully saturated rings. The van der Waals surface area contributed by atoms with Crippen LogP contribution in [0.5, 0.6) is 0 Å². The maximum Gasteiger partial charge on any atom is 0.328 e. The maximum absolute atomic E-state index is 12.1. The molecule has 0 unspecified atom stereocenters. The average Bonchev–Trinajstić information content (AvgIpc) is 2.55. The van der Waals surface area contributed by atoms with Crippen LogP contribution >= 0.6 is 0 Å². The van der Waals surface area contributed by atoms with Crippen molar-refractivity contribution in [2.75, 3.05) is 0 Å². The first-order valence-corrected chi connectivity index (χ1v) is 7.60. The Bertz CT molecular complexity index is 682. The number of hydrogen-bond acceptors (Lipinski definition) is 3. The summed E-state index contributed by atoms with van der Waals surface area (Å²) < 4.78 is 5.41. The third kappa shape index (κ3) is 4.68. The summed E-state index contributed by atoms with van der Waals surface area (Å²) in [5.41, 5.74) is 2.43. The van der Waals surface area contributed by atoms with Gasteiger partial charge in [0.05, 0.1) is 0 Å². The Morgan fingerprint density at radius 1 is 1.00 bits per heavy atom. The van der Waals surface area contributed by atoms with Gasteiger partial charge in [0.1, 0.15) is 12.1 Å².